The van der Waals surface area contributed by atoms with Crippen molar-refractivity contribution in [2.45, 2.75) is 6.92 Å². The van der Waals surface area contributed by atoms with Gasteiger partial charge in [-0.15, -0.1) is 0 Å². The summed E-state index contributed by atoms with van der Waals surface area (Å²) < 4.78 is 18.1. The predicted octanol–water partition coefficient (Wildman–Crippen LogP) is 3.01. The Kier molecular flexibility index (Phi) is 5.49. The molecule has 0 aliphatic rings. The molecule has 0 atom stereocenters. The molecule has 1 aromatic carbocycles. The minimum atomic E-state index is -0.501. The lowest BCUT2D eigenvalue weighted by Crippen LogP contribution is -2.03. The van der Waals surface area contributed by atoms with Gasteiger partial charge in [0, 0.05) is 12.6 Å². The van der Waals surface area contributed by atoms with E-state index < -0.39 is 11.8 Å². The number of anilines is 1. The van der Waals surface area contributed by atoms with E-state index in [1.54, 1.807) is 25.1 Å². The van der Waals surface area contributed by atoms with Crippen LogP contribution in [0.25, 0.3) is 0 Å². The lowest BCUT2D eigenvalue weighted by Gasteiger charge is -2.05. The number of esters is 1. The number of carbonyl (C=O) groups excluding carboxylic acids is 1. The van der Waals surface area contributed by atoms with Crippen molar-refractivity contribution >= 4 is 23.3 Å². The first-order chi connectivity index (χ1) is 8.15. The fraction of sp³-hybridized carbons (Fsp3) is 0.250. The normalized spacial score (nSPS) is 10.5. The summed E-state index contributed by atoms with van der Waals surface area (Å²) >= 11 is 5.61. The van der Waals surface area contributed by atoms with Gasteiger partial charge in [-0.1, -0.05) is 23.7 Å². The van der Waals surface area contributed by atoms with E-state index in [-0.39, 0.29) is 5.02 Å². The quantitative estimate of drug-likeness (QED) is 0.651. The molecule has 0 radical (unpaired) electrons. The molecule has 0 unspecified atom stereocenters. The molecule has 0 fully saturated rings. The first-order valence-electron chi connectivity index (χ1n) is 5.16. The zero-order valence-electron chi connectivity index (χ0n) is 9.37. The van der Waals surface area contributed by atoms with E-state index in [0.717, 1.165) is 0 Å². The SMILES string of the molecule is CCOC(=O)/C=C/CNc1cccc(Cl)c1F. The Morgan fingerprint density at radius 2 is 2.35 bits per heavy atom. The summed E-state index contributed by atoms with van der Waals surface area (Å²) in [5.74, 6) is -0.917. The van der Waals surface area contributed by atoms with E-state index in [1.165, 1.54) is 12.1 Å². The fourth-order valence-corrected chi connectivity index (χ4v) is 1.33. The first-order valence-corrected chi connectivity index (χ1v) is 5.54. The van der Waals surface area contributed by atoms with E-state index in [4.69, 9.17) is 11.6 Å². The van der Waals surface area contributed by atoms with E-state index in [1.807, 2.05) is 0 Å². The molecule has 5 heteroatoms. The molecule has 0 aliphatic heterocycles. The maximum Gasteiger partial charge on any atom is 0.330 e. The summed E-state index contributed by atoms with van der Waals surface area (Å²) in [5.41, 5.74) is 0.297. The monoisotopic (exact) mass is 257 g/mol. The molecule has 0 amide bonds. The standard InChI is InChI=1S/C12H13ClFNO2/c1-2-17-11(16)7-4-8-15-10-6-3-5-9(13)12(10)14/h3-7,15H,2,8H2,1H3/b7-4+. The first kappa shape index (κ1) is 13.5. The molecule has 0 aliphatic carbocycles. The van der Waals surface area contributed by atoms with Crippen molar-refractivity contribution in [3.8, 4) is 0 Å². The van der Waals surface area contributed by atoms with Gasteiger partial charge in [0.1, 0.15) is 0 Å². The van der Waals surface area contributed by atoms with Gasteiger partial charge in [-0.3, -0.25) is 0 Å². The molecule has 0 heterocycles. The molecule has 1 rings (SSSR count). The highest BCUT2D eigenvalue weighted by Gasteiger charge is 2.04. The van der Waals surface area contributed by atoms with Gasteiger partial charge in [0.2, 0.25) is 0 Å². The van der Waals surface area contributed by atoms with Crippen LogP contribution in [0.4, 0.5) is 10.1 Å². The van der Waals surface area contributed by atoms with Crippen LogP contribution in [0.15, 0.2) is 30.4 Å². The highest BCUT2D eigenvalue weighted by atomic mass is 35.5. The number of ether oxygens (including phenoxy) is 1. The lowest BCUT2D eigenvalue weighted by atomic mass is 10.3. The Balaban J connectivity index is 2.46. The largest absolute Gasteiger partial charge is 0.463 e. The average Bonchev–Trinajstić information content (AvgIpc) is 2.30. The summed E-state index contributed by atoms with van der Waals surface area (Å²) in [7, 11) is 0. The van der Waals surface area contributed by atoms with Crippen molar-refractivity contribution in [1.29, 1.82) is 0 Å². The highest BCUT2D eigenvalue weighted by Crippen LogP contribution is 2.21. The zero-order chi connectivity index (χ0) is 12.7. The van der Waals surface area contributed by atoms with Crippen molar-refractivity contribution in [1.82, 2.24) is 0 Å². The van der Waals surface area contributed by atoms with Gasteiger partial charge >= 0.3 is 5.97 Å². The van der Waals surface area contributed by atoms with E-state index in [0.29, 0.717) is 18.8 Å². The Morgan fingerprint density at radius 1 is 1.59 bits per heavy atom. The third kappa shape index (κ3) is 4.44. The summed E-state index contributed by atoms with van der Waals surface area (Å²) in [6.45, 7) is 2.38. The topological polar surface area (TPSA) is 38.3 Å². The third-order valence-corrected chi connectivity index (χ3v) is 2.19. The molecule has 0 saturated heterocycles. The van der Waals surface area contributed by atoms with Crippen LogP contribution in [0, 0.1) is 5.82 Å². The molecule has 0 saturated carbocycles. The lowest BCUT2D eigenvalue weighted by molar-refractivity contribution is -0.137. The van der Waals surface area contributed by atoms with Gasteiger partial charge in [0.25, 0.3) is 0 Å². The molecule has 0 spiro atoms. The Morgan fingerprint density at radius 3 is 3.06 bits per heavy atom. The molecular weight excluding hydrogens is 245 g/mol. The van der Waals surface area contributed by atoms with Gasteiger partial charge in [-0.05, 0) is 19.1 Å². The van der Waals surface area contributed by atoms with Gasteiger partial charge in [-0.25, -0.2) is 9.18 Å². The Bertz CT molecular complexity index is 421. The molecule has 3 nitrogen and oxygen atoms in total. The number of hydrogen-bond donors (Lipinski definition) is 1. The van der Waals surface area contributed by atoms with Crippen molar-refractivity contribution in [3.63, 3.8) is 0 Å². The average molecular weight is 258 g/mol. The minimum Gasteiger partial charge on any atom is -0.463 e. The summed E-state index contributed by atoms with van der Waals surface area (Å²) in [6, 6.07) is 4.68. The zero-order valence-corrected chi connectivity index (χ0v) is 10.1. The van der Waals surface area contributed by atoms with Gasteiger partial charge in [-0.2, -0.15) is 0 Å². The van der Waals surface area contributed by atoms with Crippen LogP contribution in [0.5, 0.6) is 0 Å². The second-order valence-corrected chi connectivity index (χ2v) is 3.54. The Labute approximate surface area is 104 Å². The second kappa shape index (κ2) is 6.91. The van der Waals surface area contributed by atoms with Crippen LogP contribution in [-0.4, -0.2) is 19.1 Å². The number of halogens is 2. The molecule has 1 N–H and O–H groups in total. The second-order valence-electron chi connectivity index (χ2n) is 3.14. The van der Waals surface area contributed by atoms with Crippen LogP contribution in [0.2, 0.25) is 5.02 Å². The van der Waals surface area contributed by atoms with Crippen LogP contribution >= 0.6 is 11.6 Å². The summed E-state index contributed by atoms with van der Waals surface area (Å²) in [4.78, 5) is 10.9. The maximum atomic E-state index is 13.4. The molecule has 0 aromatic heterocycles. The Hall–Kier alpha value is -1.55. The van der Waals surface area contributed by atoms with E-state index in [2.05, 4.69) is 10.1 Å². The molecule has 0 bridgehead atoms. The number of carbonyl (C=O) groups is 1. The van der Waals surface area contributed by atoms with Crippen LogP contribution < -0.4 is 5.32 Å². The maximum absolute atomic E-state index is 13.4. The summed E-state index contributed by atoms with van der Waals surface area (Å²) in [6.07, 6.45) is 2.84. The van der Waals surface area contributed by atoms with E-state index >= 15 is 0 Å². The number of nitrogens with one attached hydrogen (secondary N) is 1. The number of hydrogen-bond acceptors (Lipinski definition) is 3. The van der Waals surface area contributed by atoms with Crippen LogP contribution in [-0.2, 0) is 9.53 Å². The minimum absolute atomic E-state index is 0.0596. The molecular formula is C12H13ClFNO2. The van der Waals surface area contributed by atoms with Gasteiger partial charge in [0.15, 0.2) is 5.82 Å². The van der Waals surface area contributed by atoms with Crippen LogP contribution in [0.1, 0.15) is 6.92 Å². The predicted molar refractivity (Wildman–Crippen MR) is 65.7 cm³/mol. The number of rotatable bonds is 5. The van der Waals surface area contributed by atoms with Gasteiger partial charge < -0.3 is 10.1 Å². The van der Waals surface area contributed by atoms with Gasteiger partial charge in [0.05, 0.1) is 17.3 Å². The summed E-state index contributed by atoms with van der Waals surface area (Å²) in [5, 5.41) is 2.86. The molecule has 17 heavy (non-hydrogen) atoms. The number of benzene rings is 1. The van der Waals surface area contributed by atoms with Crippen molar-refractivity contribution in [2.24, 2.45) is 0 Å². The van der Waals surface area contributed by atoms with Crippen LogP contribution in [0.3, 0.4) is 0 Å². The molecule has 92 valence electrons. The van der Waals surface area contributed by atoms with Crippen molar-refractivity contribution in [2.75, 3.05) is 18.5 Å². The smallest absolute Gasteiger partial charge is 0.330 e. The third-order valence-electron chi connectivity index (χ3n) is 1.90. The van der Waals surface area contributed by atoms with Crippen molar-refractivity contribution in [3.05, 3.63) is 41.2 Å². The molecule has 1 aromatic rings. The highest BCUT2D eigenvalue weighted by molar-refractivity contribution is 6.31. The fourth-order valence-electron chi connectivity index (χ4n) is 1.15. The van der Waals surface area contributed by atoms with E-state index in [9.17, 15) is 9.18 Å². The van der Waals surface area contributed by atoms with Crippen molar-refractivity contribution < 1.29 is 13.9 Å².